The summed E-state index contributed by atoms with van der Waals surface area (Å²) in [7, 11) is 0. The molecule has 1 nitrogen and oxygen atoms in total. The second kappa shape index (κ2) is 11.1. The van der Waals surface area contributed by atoms with E-state index < -0.39 is 0 Å². The maximum Gasteiger partial charge on any atom is 0.0620 e. The highest BCUT2D eigenvalue weighted by Crippen LogP contribution is 2.43. The third-order valence-electron chi connectivity index (χ3n) is 10.1. The van der Waals surface area contributed by atoms with Crippen LogP contribution in [-0.2, 0) is 0 Å². The third-order valence-corrected chi connectivity index (χ3v) is 10.1. The monoisotopic (exact) mass is 621 g/mol. The second-order valence-corrected chi connectivity index (χ2v) is 13.0. The summed E-state index contributed by atoms with van der Waals surface area (Å²) in [6.07, 6.45) is 0. The molecule has 0 atom stereocenters. The van der Waals surface area contributed by atoms with E-state index in [9.17, 15) is 0 Å². The molecule has 0 unspecified atom stereocenters. The van der Waals surface area contributed by atoms with Crippen molar-refractivity contribution in [3.05, 3.63) is 188 Å². The van der Waals surface area contributed by atoms with E-state index in [1.807, 2.05) is 0 Å². The maximum absolute atomic E-state index is 2.46. The lowest BCUT2D eigenvalue weighted by Crippen LogP contribution is -1.85. The van der Waals surface area contributed by atoms with Gasteiger partial charge in [-0.15, -0.1) is 0 Å². The van der Waals surface area contributed by atoms with Crippen LogP contribution in [0, 0.1) is 0 Å². The first kappa shape index (κ1) is 27.7. The van der Waals surface area contributed by atoms with Crippen molar-refractivity contribution in [3.8, 4) is 55.6 Å². The molecule has 0 spiro atoms. The van der Waals surface area contributed by atoms with Crippen molar-refractivity contribution in [1.82, 2.24) is 4.40 Å². The summed E-state index contributed by atoms with van der Waals surface area (Å²) in [5, 5.41) is 5.19. The van der Waals surface area contributed by atoms with Crippen LogP contribution in [0.5, 0.6) is 0 Å². The van der Waals surface area contributed by atoms with Gasteiger partial charge in [0.05, 0.1) is 16.6 Å². The summed E-state index contributed by atoms with van der Waals surface area (Å²) in [4.78, 5) is 0. The fraction of sp³-hybridized carbons (Fsp3) is 0. The molecule has 0 radical (unpaired) electrons. The molecule has 10 aromatic rings. The first-order chi connectivity index (χ1) is 24.3. The average Bonchev–Trinajstić information content (AvgIpc) is 3.70. The number of benzene rings is 8. The molecule has 1 heteroatoms. The van der Waals surface area contributed by atoms with Crippen LogP contribution < -0.4 is 0 Å². The van der Waals surface area contributed by atoms with Crippen LogP contribution in [0.3, 0.4) is 0 Å². The van der Waals surface area contributed by atoms with E-state index in [1.54, 1.807) is 0 Å². The van der Waals surface area contributed by atoms with Gasteiger partial charge in [0.15, 0.2) is 0 Å². The highest BCUT2D eigenvalue weighted by Gasteiger charge is 2.19. The molecule has 2 heterocycles. The Hall–Kier alpha value is -6.44. The van der Waals surface area contributed by atoms with Gasteiger partial charge in [0.2, 0.25) is 0 Å². The fourth-order valence-corrected chi connectivity index (χ4v) is 7.72. The van der Waals surface area contributed by atoms with Crippen LogP contribution in [0.1, 0.15) is 0 Å². The lowest BCUT2D eigenvalue weighted by molar-refractivity contribution is 1.37. The van der Waals surface area contributed by atoms with Crippen molar-refractivity contribution in [2.24, 2.45) is 0 Å². The van der Waals surface area contributed by atoms with Crippen molar-refractivity contribution in [2.45, 2.75) is 0 Å². The molecule has 0 amide bonds. The Morgan fingerprint density at radius 2 is 0.612 bits per heavy atom. The van der Waals surface area contributed by atoms with Gasteiger partial charge in [-0.25, -0.2) is 0 Å². The van der Waals surface area contributed by atoms with Crippen molar-refractivity contribution in [2.75, 3.05) is 0 Å². The molecular formula is C48H31N. The van der Waals surface area contributed by atoms with Gasteiger partial charge in [-0.2, -0.15) is 0 Å². The average molecular weight is 622 g/mol. The maximum atomic E-state index is 2.46. The molecule has 228 valence electrons. The van der Waals surface area contributed by atoms with Gasteiger partial charge >= 0.3 is 0 Å². The normalized spacial score (nSPS) is 11.7. The predicted octanol–water partition coefficient (Wildman–Crippen LogP) is 13.2. The van der Waals surface area contributed by atoms with E-state index in [-0.39, 0.29) is 0 Å². The summed E-state index contributed by atoms with van der Waals surface area (Å²) in [6.45, 7) is 0. The zero-order valence-corrected chi connectivity index (χ0v) is 26.8. The third kappa shape index (κ3) is 4.55. The highest BCUT2D eigenvalue weighted by atomic mass is 14.9. The van der Waals surface area contributed by atoms with Crippen LogP contribution in [0.2, 0.25) is 0 Å². The van der Waals surface area contributed by atoms with Crippen LogP contribution in [0.15, 0.2) is 188 Å². The van der Waals surface area contributed by atoms with E-state index >= 15 is 0 Å². The summed E-state index contributed by atoms with van der Waals surface area (Å²) in [6, 6.07) is 68.6. The zero-order valence-electron chi connectivity index (χ0n) is 26.8. The molecule has 8 aromatic carbocycles. The largest absolute Gasteiger partial charge is 0.308 e. The summed E-state index contributed by atoms with van der Waals surface area (Å²) >= 11 is 0. The predicted molar refractivity (Wildman–Crippen MR) is 208 cm³/mol. The Labute approximate surface area is 285 Å². The molecular weight excluding hydrogens is 591 g/mol. The molecule has 0 bridgehead atoms. The zero-order chi connectivity index (χ0) is 32.3. The Morgan fingerprint density at radius 1 is 0.224 bits per heavy atom. The van der Waals surface area contributed by atoms with Crippen molar-refractivity contribution in [3.63, 3.8) is 0 Å². The number of fused-ring (bicyclic) bond motifs is 6. The number of hydrogen-bond donors (Lipinski definition) is 0. The lowest BCUT2D eigenvalue weighted by Gasteiger charge is -2.10. The fourth-order valence-electron chi connectivity index (χ4n) is 7.72. The Balaban J connectivity index is 1.07. The first-order valence-electron chi connectivity index (χ1n) is 16.9. The topological polar surface area (TPSA) is 4.41 Å². The SMILES string of the molecule is c1ccc(-c2ccc(-c3cccc(-c4cccc(-c5ccc6c(c5)c5cc(-c7ccccc7)cc7c8ccccc8n6c75)c4)c3)cc2)cc1. The van der Waals surface area contributed by atoms with Crippen molar-refractivity contribution < 1.29 is 0 Å². The Bertz CT molecular complexity index is 2790. The quantitative estimate of drug-likeness (QED) is 0.180. The number of nitrogens with zero attached hydrogens (tertiary/aromatic N) is 1. The number of hydrogen-bond acceptors (Lipinski definition) is 0. The summed E-state index contributed by atoms with van der Waals surface area (Å²) in [5.41, 5.74) is 16.1. The molecule has 0 saturated heterocycles. The number of aromatic nitrogens is 1. The molecule has 0 aliphatic heterocycles. The van der Waals surface area contributed by atoms with Crippen LogP contribution in [0.4, 0.5) is 0 Å². The Kier molecular flexibility index (Phi) is 6.25. The molecule has 0 aliphatic carbocycles. The van der Waals surface area contributed by atoms with Crippen molar-refractivity contribution in [1.29, 1.82) is 0 Å². The van der Waals surface area contributed by atoms with E-state index in [0.717, 1.165) is 0 Å². The lowest BCUT2D eigenvalue weighted by atomic mass is 9.94. The molecule has 0 fully saturated rings. The van der Waals surface area contributed by atoms with Crippen molar-refractivity contribution >= 4 is 38.1 Å². The number of rotatable bonds is 5. The highest BCUT2D eigenvalue weighted by molar-refractivity contribution is 6.24. The van der Waals surface area contributed by atoms with Gasteiger partial charge in [-0.05, 0) is 98.1 Å². The minimum atomic E-state index is 1.21. The van der Waals surface area contributed by atoms with E-state index in [0.29, 0.717) is 0 Å². The molecule has 0 saturated carbocycles. The van der Waals surface area contributed by atoms with Crippen LogP contribution in [-0.4, -0.2) is 4.40 Å². The van der Waals surface area contributed by atoms with E-state index in [2.05, 4.69) is 192 Å². The molecule has 10 rings (SSSR count). The van der Waals surface area contributed by atoms with E-state index in [1.165, 1.54) is 93.7 Å². The van der Waals surface area contributed by atoms with Gasteiger partial charge in [-0.1, -0.05) is 146 Å². The van der Waals surface area contributed by atoms with Gasteiger partial charge < -0.3 is 4.40 Å². The molecule has 0 N–H and O–H groups in total. The van der Waals surface area contributed by atoms with E-state index in [4.69, 9.17) is 0 Å². The molecule has 2 aromatic heterocycles. The summed E-state index contributed by atoms with van der Waals surface area (Å²) in [5.74, 6) is 0. The van der Waals surface area contributed by atoms with Gasteiger partial charge in [0, 0.05) is 21.5 Å². The molecule has 0 aliphatic rings. The van der Waals surface area contributed by atoms with Crippen LogP contribution >= 0.6 is 0 Å². The number of para-hydroxylation sites is 1. The van der Waals surface area contributed by atoms with Crippen LogP contribution in [0.25, 0.3) is 93.7 Å². The second-order valence-electron chi connectivity index (χ2n) is 13.0. The minimum absolute atomic E-state index is 1.21. The minimum Gasteiger partial charge on any atom is -0.308 e. The summed E-state index contributed by atoms with van der Waals surface area (Å²) < 4.78 is 2.46. The first-order valence-corrected chi connectivity index (χ1v) is 16.9. The van der Waals surface area contributed by atoms with Gasteiger partial charge in [-0.3, -0.25) is 0 Å². The molecule has 49 heavy (non-hydrogen) atoms. The standard InChI is InChI=1S/C48H31N/c1-3-11-32(12-4-1)34-21-23-35(24-22-34)36-15-9-16-37(27-36)38-17-10-18-39(28-38)40-25-26-47-43(29-40)45-31-41(33-13-5-2-6-14-33)30-44-42-19-7-8-20-46(42)49(47)48(44)45/h1-31H. The smallest absolute Gasteiger partial charge is 0.0620 e. The van der Waals surface area contributed by atoms with Gasteiger partial charge in [0.1, 0.15) is 0 Å². The Morgan fingerprint density at radius 3 is 1.24 bits per heavy atom. The van der Waals surface area contributed by atoms with Gasteiger partial charge in [0.25, 0.3) is 0 Å².